The minimum Gasteiger partial charge on any atom is -0.314 e. The third-order valence-corrected chi connectivity index (χ3v) is 5.69. The van der Waals surface area contributed by atoms with Crippen LogP contribution in [0.25, 0.3) is 0 Å². The van der Waals surface area contributed by atoms with Crippen molar-refractivity contribution in [1.82, 2.24) is 9.62 Å². The molecule has 1 aliphatic heterocycles. The zero-order valence-electron chi connectivity index (χ0n) is 10.3. The van der Waals surface area contributed by atoms with E-state index in [1.165, 1.54) is 22.5 Å². The van der Waals surface area contributed by atoms with Crippen LogP contribution in [0.2, 0.25) is 10.0 Å². The predicted molar refractivity (Wildman–Crippen MR) is 79.9 cm³/mol. The molecule has 1 aromatic rings. The summed E-state index contributed by atoms with van der Waals surface area (Å²) in [6.07, 6.45) is 0. The minimum absolute atomic E-state index is 0. The zero-order chi connectivity index (χ0) is 13.3. The van der Waals surface area contributed by atoms with Gasteiger partial charge >= 0.3 is 0 Å². The summed E-state index contributed by atoms with van der Waals surface area (Å²) in [7, 11) is -3.50. The van der Waals surface area contributed by atoms with Crippen molar-refractivity contribution in [2.75, 3.05) is 19.6 Å². The summed E-state index contributed by atoms with van der Waals surface area (Å²) in [5, 5.41) is 3.76. The van der Waals surface area contributed by atoms with Crippen molar-refractivity contribution in [1.29, 1.82) is 0 Å². The highest BCUT2D eigenvalue weighted by Gasteiger charge is 2.31. The number of rotatable bonds is 2. The van der Waals surface area contributed by atoms with Crippen LogP contribution in [-0.4, -0.2) is 38.4 Å². The van der Waals surface area contributed by atoms with Gasteiger partial charge in [-0.15, -0.1) is 12.4 Å². The second-order valence-electron chi connectivity index (χ2n) is 4.24. The molecule has 0 aromatic heterocycles. The van der Waals surface area contributed by atoms with E-state index in [-0.39, 0.29) is 28.4 Å². The number of hydrogen-bond donors (Lipinski definition) is 1. The Labute approximate surface area is 129 Å². The van der Waals surface area contributed by atoms with Gasteiger partial charge in [-0.2, -0.15) is 4.31 Å². The van der Waals surface area contributed by atoms with Crippen LogP contribution in [0.1, 0.15) is 6.92 Å². The fraction of sp³-hybridized carbons (Fsp3) is 0.455. The molecular weight excluding hydrogens is 331 g/mol. The number of nitrogens with one attached hydrogen (secondary N) is 1. The lowest BCUT2D eigenvalue weighted by Gasteiger charge is -2.32. The van der Waals surface area contributed by atoms with Gasteiger partial charge in [0, 0.05) is 25.7 Å². The summed E-state index contributed by atoms with van der Waals surface area (Å²) in [6.45, 7) is 3.65. The summed E-state index contributed by atoms with van der Waals surface area (Å²) < 4.78 is 26.4. The fourth-order valence-electron chi connectivity index (χ4n) is 1.95. The molecule has 0 bridgehead atoms. The number of sulfonamides is 1. The topological polar surface area (TPSA) is 49.4 Å². The van der Waals surface area contributed by atoms with E-state index in [9.17, 15) is 8.42 Å². The molecule has 19 heavy (non-hydrogen) atoms. The lowest BCUT2D eigenvalue weighted by molar-refractivity contribution is 0.284. The third kappa shape index (κ3) is 3.54. The SMILES string of the molecule is C[C@@H]1CNCCN1S(=O)(=O)c1ccc(Cl)c(Cl)c1.Cl. The fourth-order valence-corrected chi connectivity index (χ4v) is 3.97. The second kappa shape index (κ2) is 6.61. The molecule has 1 aromatic carbocycles. The van der Waals surface area contributed by atoms with Gasteiger partial charge in [-0.3, -0.25) is 0 Å². The highest BCUT2D eigenvalue weighted by atomic mass is 35.5. The summed E-state index contributed by atoms with van der Waals surface area (Å²) in [5.74, 6) is 0. The lowest BCUT2D eigenvalue weighted by Crippen LogP contribution is -2.52. The van der Waals surface area contributed by atoms with Crippen molar-refractivity contribution in [3.8, 4) is 0 Å². The minimum atomic E-state index is -3.50. The molecule has 4 nitrogen and oxygen atoms in total. The summed E-state index contributed by atoms with van der Waals surface area (Å²) in [5.41, 5.74) is 0. The molecule has 0 aliphatic carbocycles. The third-order valence-electron chi connectivity index (χ3n) is 2.94. The first-order valence-corrected chi connectivity index (χ1v) is 7.80. The predicted octanol–water partition coefficient (Wildman–Crippen LogP) is 2.40. The zero-order valence-corrected chi connectivity index (χ0v) is 13.4. The highest BCUT2D eigenvalue weighted by molar-refractivity contribution is 7.89. The van der Waals surface area contributed by atoms with E-state index >= 15 is 0 Å². The van der Waals surface area contributed by atoms with Crippen molar-refractivity contribution in [3.63, 3.8) is 0 Å². The van der Waals surface area contributed by atoms with E-state index in [4.69, 9.17) is 23.2 Å². The molecule has 8 heteroatoms. The molecule has 0 spiro atoms. The first kappa shape index (κ1) is 17.0. The molecular formula is C11H15Cl3N2O2S. The molecule has 1 saturated heterocycles. The Morgan fingerprint density at radius 2 is 2.00 bits per heavy atom. The van der Waals surface area contributed by atoms with Crippen molar-refractivity contribution in [2.45, 2.75) is 17.9 Å². The van der Waals surface area contributed by atoms with E-state index < -0.39 is 10.0 Å². The van der Waals surface area contributed by atoms with Gasteiger partial charge in [0.1, 0.15) is 0 Å². The van der Waals surface area contributed by atoms with Gasteiger partial charge in [-0.05, 0) is 25.1 Å². The normalized spacial score (nSPS) is 20.9. The Balaban J connectivity index is 0.00000180. The van der Waals surface area contributed by atoms with Crippen LogP contribution in [0.15, 0.2) is 23.1 Å². The summed E-state index contributed by atoms with van der Waals surface area (Å²) in [6, 6.07) is 4.31. The van der Waals surface area contributed by atoms with Gasteiger partial charge in [-0.1, -0.05) is 23.2 Å². The highest BCUT2D eigenvalue weighted by Crippen LogP contribution is 2.27. The van der Waals surface area contributed by atoms with Gasteiger partial charge < -0.3 is 5.32 Å². The van der Waals surface area contributed by atoms with Gasteiger partial charge in [-0.25, -0.2) is 8.42 Å². The number of halogens is 3. The van der Waals surface area contributed by atoms with Crippen LogP contribution in [0, 0.1) is 0 Å². The van der Waals surface area contributed by atoms with Crippen molar-refractivity contribution < 1.29 is 8.42 Å². The van der Waals surface area contributed by atoms with E-state index in [1.54, 1.807) is 0 Å². The molecule has 1 N–H and O–H groups in total. The standard InChI is InChI=1S/C11H14Cl2N2O2S.ClH/c1-8-7-14-4-5-15(8)18(16,17)9-2-3-10(12)11(13)6-9;/h2-3,6,8,14H,4-5,7H2,1H3;1H/t8-;/m1./s1. The largest absolute Gasteiger partial charge is 0.314 e. The molecule has 1 fully saturated rings. The molecule has 0 amide bonds. The number of piperazine rings is 1. The van der Waals surface area contributed by atoms with E-state index in [0.29, 0.717) is 24.7 Å². The van der Waals surface area contributed by atoms with Crippen molar-refractivity contribution in [2.24, 2.45) is 0 Å². The van der Waals surface area contributed by atoms with Crippen LogP contribution in [0.5, 0.6) is 0 Å². The molecule has 108 valence electrons. The maximum absolute atomic E-state index is 12.5. The Bertz CT molecular complexity index is 551. The van der Waals surface area contributed by atoms with Crippen molar-refractivity contribution in [3.05, 3.63) is 28.2 Å². The van der Waals surface area contributed by atoms with Crippen molar-refractivity contribution >= 4 is 45.6 Å². The van der Waals surface area contributed by atoms with Gasteiger partial charge in [0.05, 0.1) is 14.9 Å². The molecule has 0 radical (unpaired) electrons. The number of nitrogens with zero attached hydrogens (tertiary/aromatic N) is 1. The van der Waals surface area contributed by atoms with E-state index in [0.717, 1.165) is 0 Å². The Kier molecular flexibility index (Phi) is 5.92. The first-order valence-electron chi connectivity index (χ1n) is 5.60. The summed E-state index contributed by atoms with van der Waals surface area (Å²) in [4.78, 5) is 0.186. The van der Waals surface area contributed by atoms with Gasteiger partial charge in [0.2, 0.25) is 10.0 Å². The van der Waals surface area contributed by atoms with Crippen LogP contribution < -0.4 is 5.32 Å². The average molecular weight is 346 g/mol. The number of benzene rings is 1. The average Bonchev–Trinajstić information content (AvgIpc) is 2.33. The summed E-state index contributed by atoms with van der Waals surface area (Å²) >= 11 is 11.7. The monoisotopic (exact) mass is 344 g/mol. The van der Waals surface area contributed by atoms with E-state index in [2.05, 4.69) is 5.32 Å². The van der Waals surface area contributed by atoms with E-state index in [1.807, 2.05) is 6.92 Å². The maximum atomic E-state index is 12.5. The van der Waals surface area contributed by atoms with Gasteiger partial charge in [0.25, 0.3) is 0 Å². The maximum Gasteiger partial charge on any atom is 0.243 e. The molecule has 1 heterocycles. The molecule has 0 saturated carbocycles. The van der Waals surface area contributed by atoms with Crippen LogP contribution in [0.3, 0.4) is 0 Å². The lowest BCUT2D eigenvalue weighted by atomic mass is 10.3. The Morgan fingerprint density at radius 1 is 1.32 bits per heavy atom. The van der Waals surface area contributed by atoms with Crippen LogP contribution in [0.4, 0.5) is 0 Å². The Hall–Kier alpha value is -0.0400. The first-order chi connectivity index (χ1) is 8.43. The van der Waals surface area contributed by atoms with Crippen LogP contribution >= 0.6 is 35.6 Å². The van der Waals surface area contributed by atoms with Gasteiger partial charge in [0.15, 0.2) is 0 Å². The Morgan fingerprint density at radius 3 is 2.58 bits per heavy atom. The quantitative estimate of drug-likeness (QED) is 0.895. The molecule has 1 aliphatic rings. The number of hydrogen-bond acceptors (Lipinski definition) is 3. The smallest absolute Gasteiger partial charge is 0.243 e. The molecule has 0 unspecified atom stereocenters. The molecule has 1 atom stereocenters. The molecule has 2 rings (SSSR count). The second-order valence-corrected chi connectivity index (χ2v) is 6.95. The van der Waals surface area contributed by atoms with Crippen LogP contribution in [-0.2, 0) is 10.0 Å².